The van der Waals surface area contributed by atoms with Gasteiger partial charge < -0.3 is 10.2 Å². The van der Waals surface area contributed by atoms with Gasteiger partial charge in [0.2, 0.25) is 0 Å². The molecule has 0 aromatic rings. The maximum Gasteiger partial charge on any atom is 0.0936 e. The normalized spacial score (nSPS) is 18.8. The van der Waals surface area contributed by atoms with Crippen molar-refractivity contribution in [2.45, 2.75) is 171 Å². The van der Waals surface area contributed by atoms with Crippen LogP contribution in [0.5, 0.6) is 0 Å². The minimum Gasteiger partial charge on any atom is -0.385 e. The second-order valence-electron chi connectivity index (χ2n) is 14.7. The number of aliphatic hydroxyl groups excluding tert-OH is 2. The van der Waals surface area contributed by atoms with Gasteiger partial charge in [0.1, 0.15) is 0 Å². The number of hydrogen-bond acceptors (Lipinski definition) is 2. The molecule has 0 bridgehead atoms. The van der Waals surface area contributed by atoms with E-state index in [9.17, 15) is 10.2 Å². The summed E-state index contributed by atoms with van der Waals surface area (Å²) in [5, 5.41) is 19.8. The summed E-state index contributed by atoms with van der Waals surface area (Å²) in [6.07, 6.45) is 39.6. The molecule has 268 valence electrons. The van der Waals surface area contributed by atoms with Crippen molar-refractivity contribution in [3.63, 3.8) is 0 Å². The van der Waals surface area contributed by atoms with Gasteiger partial charge >= 0.3 is 0 Å². The minimum absolute atomic E-state index is 0.573. The van der Waals surface area contributed by atoms with Gasteiger partial charge in [-0.05, 0) is 170 Å². The lowest BCUT2D eigenvalue weighted by Crippen LogP contribution is -2.15. The van der Waals surface area contributed by atoms with Crippen molar-refractivity contribution in [1.82, 2.24) is 0 Å². The predicted octanol–water partition coefficient (Wildman–Crippen LogP) is 13.6. The van der Waals surface area contributed by atoms with E-state index in [1.54, 1.807) is 18.2 Å². The second kappa shape index (κ2) is 26.2. The highest BCUT2D eigenvalue weighted by molar-refractivity contribution is 5.27. The highest BCUT2D eigenvalue weighted by atomic mass is 16.3. The third-order valence-electron chi connectivity index (χ3n) is 9.22. The topological polar surface area (TPSA) is 40.5 Å². The van der Waals surface area contributed by atoms with Crippen LogP contribution >= 0.6 is 0 Å². The van der Waals surface area contributed by atoms with Gasteiger partial charge in [0, 0.05) is 0 Å². The molecule has 0 spiro atoms. The molecular formula is C46H72O2. The van der Waals surface area contributed by atoms with Crippen LogP contribution in [0.3, 0.4) is 0 Å². The standard InChI is InChI=1S/C46H72O2/c1-36(2)17-10-18-37(3)19-11-20-38(4)21-12-22-39(5)23-13-24-40(6)25-14-26-41(7)27-15-28-42(8)29-16-30-43(9)31-32-44-35-45(47)33-34-46(44)48/h17,19,21,23,25,27,29,31,33-35,45-48H,10-16,18,20,22,24,26,28,30,32H2,1-9H3/b37-19+,38-21+,39-23+,40-25+,41-27+,42-29+,43-31+. The molecule has 1 aliphatic rings. The smallest absolute Gasteiger partial charge is 0.0936 e. The van der Waals surface area contributed by atoms with Gasteiger partial charge in [-0.15, -0.1) is 0 Å². The van der Waals surface area contributed by atoms with Crippen molar-refractivity contribution in [3.05, 3.63) is 117 Å². The summed E-state index contributed by atoms with van der Waals surface area (Å²) < 4.78 is 0. The highest BCUT2D eigenvalue weighted by Gasteiger charge is 2.13. The fourth-order valence-electron chi connectivity index (χ4n) is 5.78. The van der Waals surface area contributed by atoms with Crippen LogP contribution in [0.15, 0.2) is 117 Å². The zero-order valence-electron chi connectivity index (χ0n) is 32.5. The molecule has 0 heterocycles. The van der Waals surface area contributed by atoms with Gasteiger partial charge in [0.15, 0.2) is 0 Å². The minimum atomic E-state index is -0.577. The molecule has 0 amide bonds. The van der Waals surface area contributed by atoms with Crippen LogP contribution in [0, 0.1) is 0 Å². The summed E-state index contributed by atoms with van der Waals surface area (Å²) >= 11 is 0. The summed E-state index contributed by atoms with van der Waals surface area (Å²) in [5.41, 5.74) is 12.6. The van der Waals surface area contributed by atoms with Crippen LogP contribution in [0.2, 0.25) is 0 Å². The Balaban J connectivity index is 2.24. The Hall–Kier alpha value is -2.68. The van der Waals surface area contributed by atoms with Gasteiger partial charge in [-0.2, -0.15) is 0 Å². The number of allylic oxidation sites excluding steroid dienone is 16. The van der Waals surface area contributed by atoms with Crippen molar-refractivity contribution < 1.29 is 10.2 Å². The van der Waals surface area contributed by atoms with Crippen LogP contribution < -0.4 is 0 Å². The zero-order valence-corrected chi connectivity index (χ0v) is 32.5. The average molecular weight is 657 g/mol. The maximum atomic E-state index is 10.1. The maximum absolute atomic E-state index is 10.1. The van der Waals surface area contributed by atoms with E-state index >= 15 is 0 Å². The van der Waals surface area contributed by atoms with E-state index in [4.69, 9.17) is 0 Å². The Kier molecular flexibility index (Phi) is 23.7. The third kappa shape index (κ3) is 23.6. The molecule has 0 saturated carbocycles. The van der Waals surface area contributed by atoms with Crippen LogP contribution in [0.25, 0.3) is 0 Å². The molecule has 0 fully saturated rings. The lowest BCUT2D eigenvalue weighted by molar-refractivity contribution is 0.228. The Morgan fingerprint density at radius 2 is 0.729 bits per heavy atom. The van der Waals surface area contributed by atoms with Crippen LogP contribution in [-0.2, 0) is 0 Å². The first-order valence-electron chi connectivity index (χ1n) is 18.8. The van der Waals surface area contributed by atoms with E-state index in [1.807, 2.05) is 0 Å². The van der Waals surface area contributed by atoms with E-state index in [1.165, 1.54) is 63.8 Å². The Labute approximate surface area is 297 Å². The van der Waals surface area contributed by atoms with Crippen LogP contribution in [0.4, 0.5) is 0 Å². The van der Waals surface area contributed by atoms with Gasteiger partial charge in [-0.3, -0.25) is 0 Å². The van der Waals surface area contributed by atoms with Gasteiger partial charge in [0.25, 0.3) is 0 Å². The molecule has 2 nitrogen and oxygen atoms in total. The van der Waals surface area contributed by atoms with Gasteiger partial charge in [-0.25, -0.2) is 0 Å². The molecule has 0 saturated heterocycles. The molecule has 1 aliphatic carbocycles. The molecule has 0 aromatic carbocycles. The Morgan fingerprint density at radius 3 is 1.04 bits per heavy atom. The van der Waals surface area contributed by atoms with E-state index in [2.05, 4.69) is 111 Å². The fraction of sp³-hybridized carbons (Fsp3) is 0.565. The average Bonchev–Trinajstić information content (AvgIpc) is 3.01. The summed E-state index contributed by atoms with van der Waals surface area (Å²) in [5.74, 6) is 0. The largest absolute Gasteiger partial charge is 0.385 e. The molecule has 2 heteroatoms. The van der Waals surface area contributed by atoms with E-state index < -0.39 is 12.2 Å². The molecule has 2 N–H and O–H groups in total. The van der Waals surface area contributed by atoms with E-state index in [0.717, 1.165) is 76.2 Å². The first kappa shape index (κ1) is 43.3. The Morgan fingerprint density at radius 1 is 0.438 bits per heavy atom. The monoisotopic (exact) mass is 657 g/mol. The molecule has 0 aromatic heterocycles. The molecule has 2 atom stereocenters. The van der Waals surface area contributed by atoms with Gasteiger partial charge in [0.05, 0.1) is 12.2 Å². The molecule has 2 unspecified atom stereocenters. The predicted molar refractivity (Wildman–Crippen MR) is 214 cm³/mol. The van der Waals surface area contributed by atoms with E-state index in [0.29, 0.717) is 6.42 Å². The first-order valence-corrected chi connectivity index (χ1v) is 18.8. The highest BCUT2D eigenvalue weighted by Crippen LogP contribution is 2.20. The van der Waals surface area contributed by atoms with Crippen molar-refractivity contribution in [2.75, 3.05) is 0 Å². The Bertz CT molecular complexity index is 1250. The molecule has 48 heavy (non-hydrogen) atoms. The molecule has 0 radical (unpaired) electrons. The van der Waals surface area contributed by atoms with Crippen molar-refractivity contribution in [3.8, 4) is 0 Å². The summed E-state index contributed by atoms with van der Waals surface area (Å²) in [6.45, 7) is 20.2. The lowest BCUT2D eigenvalue weighted by atomic mass is 9.97. The molecule has 1 rings (SSSR count). The fourth-order valence-corrected chi connectivity index (χ4v) is 5.78. The summed E-state index contributed by atoms with van der Waals surface area (Å²) in [4.78, 5) is 0. The quantitative estimate of drug-likeness (QED) is 0.107. The van der Waals surface area contributed by atoms with Crippen molar-refractivity contribution in [1.29, 1.82) is 0 Å². The molecular weight excluding hydrogens is 585 g/mol. The third-order valence-corrected chi connectivity index (χ3v) is 9.22. The number of rotatable bonds is 23. The number of hydrogen-bond donors (Lipinski definition) is 2. The van der Waals surface area contributed by atoms with Gasteiger partial charge in [-0.1, -0.05) is 105 Å². The SMILES string of the molecule is CC(C)=CCC/C(C)=C/CC/C(C)=C/CC/C(C)=C/CC/C(C)=C/CC/C(C)=C/CC/C(C)=C/CC/C(C)=C/CC1=CC(O)C=CC1O. The summed E-state index contributed by atoms with van der Waals surface area (Å²) in [6, 6.07) is 0. The first-order chi connectivity index (χ1) is 22.8. The molecule has 0 aliphatic heterocycles. The van der Waals surface area contributed by atoms with Crippen LogP contribution in [0.1, 0.15) is 159 Å². The van der Waals surface area contributed by atoms with Crippen LogP contribution in [-0.4, -0.2) is 22.4 Å². The second-order valence-corrected chi connectivity index (χ2v) is 14.7. The lowest BCUT2D eigenvalue weighted by Gasteiger charge is -2.16. The summed E-state index contributed by atoms with van der Waals surface area (Å²) in [7, 11) is 0. The zero-order chi connectivity index (χ0) is 35.7. The van der Waals surface area contributed by atoms with Crippen molar-refractivity contribution in [2.24, 2.45) is 0 Å². The van der Waals surface area contributed by atoms with Crippen molar-refractivity contribution >= 4 is 0 Å². The van der Waals surface area contributed by atoms with E-state index in [-0.39, 0.29) is 0 Å². The number of aliphatic hydroxyl groups is 2.